The molecule has 3 aromatic heterocycles. The summed E-state index contributed by atoms with van der Waals surface area (Å²) in [4.78, 5) is 15.8. The predicted octanol–water partition coefficient (Wildman–Crippen LogP) is 2.76. The van der Waals surface area contributed by atoms with E-state index in [2.05, 4.69) is 19.9 Å². The van der Waals surface area contributed by atoms with Crippen LogP contribution in [0, 0.1) is 0 Å². The summed E-state index contributed by atoms with van der Waals surface area (Å²) in [6.45, 7) is 0.0145. The number of nitrogens with zero attached hydrogens (tertiary/aromatic N) is 3. The van der Waals surface area contributed by atoms with E-state index in [1.165, 1.54) is 0 Å². The summed E-state index contributed by atoms with van der Waals surface area (Å²) in [6.07, 6.45) is 3.39. The number of aromatic nitrogens is 4. The van der Waals surface area contributed by atoms with Crippen molar-refractivity contribution in [3.63, 3.8) is 0 Å². The molecule has 6 nitrogen and oxygen atoms in total. The number of nitrogens with one attached hydrogen (secondary N) is 1. The van der Waals surface area contributed by atoms with E-state index in [1.54, 1.807) is 18.5 Å². The van der Waals surface area contributed by atoms with Gasteiger partial charge in [-0.2, -0.15) is 0 Å². The number of fused-ring (bicyclic) bond motifs is 1. The van der Waals surface area contributed by atoms with Crippen LogP contribution in [0.4, 0.5) is 5.95 Å². The highest BCUT2D eigenvalue weighted by atomic mass is 16.3. The van der Waals surface area contributed by atoms with Crippen LogP contribution < -0.4 is 5.73 Å². The van der Waals surface area contributed by atoms with Crippen LogP contribution in [0.1, 0.15) is 5.56 Å². The van der Waals surface area contributed by atoms with Gasteiger partial charge in [0.25, 0.3) is 0 Å². The first-order valence-corrected chi connectivity index (χ1v) is 7.51. The molecule has 6 heteroatoms. The Labute approximate surface area is 138 Å². The van der Waals surface area contributed by atoms with E-state index in [-0.39, 0.29) is 12.6 Å². The number of aliphatic hydroxyl groups excluding tert-OH is 1. The van der Waals surface area contributed by atoms with E-state index in [9.17, 15) is 5.11 Å². The number of aliphatic hydroxyl groups is 1. The molecule has 118 valence electrons. The van der Waals surface area contributed by atoms with E-state index >= 15 is 0 Å². The largest absolute Gasteiger partial charge is 0.392 e. The van der Waals surface area contributed by atoms with Gasteiger partial charge < -0.3 is 15.8 Å². The second-order valence-corrected chi connectivity index (χ2v) is 5.46. The fourth-order valence-electron chi connectivity index (χ4n) is 2.78. The summed E-state index contributed by atoms with van der Waals surface area (Å²) in [5.74, 6) is 0.231. The molecule has 3 heterocycles. The third kappa shape index (κ3) is 2.49. The maximum atomic E-state index is 9.36. The molecule has 4 aromatic rings. The number of benzene rings is 1. The normalized spacial score (nSPS) is 11.0. The first kappa shape index (κ1) is 14.3. The molecule has 0 fully saturated rings. The lowest BCUT2D eigenvalue weighted by Crippen LogP contribution is -1.94. The van der Waals surface area contributed by atoms with Crippen LogP contribution in [0.15, 0.2) is 54.9 Å². The van der Waals surface area contributed by atoms with E-state index < -0.39 is 0 Å². The highest BCUT2D eigenvalue weighted by molar-refractivity contribution is 5.95. The Kier molecular flexibility index (Phi) is 3.44. The average Bonchev–Trinajstić information content (AvgIpc) is 3.06. The molecule has 0 atom stereocenters. The van der Waals surface area contributed by atoms with Crippen molar-refractivity contribution in [1.29, 1.82) is 0 Å². The Balaban J connectivity index is 1.88. The molecule has 0 aliphatic heterocycles. The number of nitrogen functional groups attached to an aromatic ring is 1. The van der Waals surface area contributed by atoms with E-state index in [0.717, 1.165) is 39.1 Å². The van der Waals surface area contributed by atoms with Gasteiger partial charge in [0.1, 0.15) is 5.65 Å². The highest BCUT2D eigenvalue weighted by Crippen LogP contribution is 2.31. The SMILES string of the molecule is Nc1nccc(-c2cc3c(-c4cccc(CO)c4)ccnc3[nH]2)n1. The molecule has 0 aliphatic carbocycles. The average molecular weight is 317 g/mol. The lowest BCUT2D eigenvalue weighted by Gasteiger charge is -2.05. The Bertz CT molecular complexity index is 1020. The minimum Gasteiger partial charge on any atom is -0.392 e. The van der Waals surface area contributed by atoms with Gasteiger partial charge >= 0.3 is 0 Å². The number of hydrogen-bond acceptors (Lipinski definition) is 5. The van der Waals surface area contributed by atoms with Crippen molar-refractivity contribution in [2.24, 2.45) is 0 Å². The molecule has 0 saturated heterocycles. The second-order valence-electron chi connectivity index (χ2n) is 5.46. The van der Waals surface area contributed by atoms with E-state index in [4.69, 9.17) is 5.73 Å². The Hall–Kier alpha value is -3.25. The predicted molar refractivity (Wildman–Crippen MR) is 92.9 cm³/mol. The quantitative estimate of drug-likeness (QED) is 0.539. The van der Waals surface area contributed by atoms with E-state index in [1.807, 2.05) is 36.4 Å². The Morgan fingerprint density at radius 2 is 1.92 bits per heavy atom. The van der Waals surface area contributed by atoms with Crippen LogP contribution in [-0.2, 0) is 6.61 Å². The summed E-state index contributed by atoms with van der Waals surface area (Å²) >= 11 is 0. The van der Waals surface area contributed by atoms with Crippen molar-refractivity contribution >= 4 is 17.0 Å². The smallest absolute Gasteiger partial charge is 0.220 e. The van der Waals surface area contributed by atoms with Crippen molar-refractivity contribution < 1.29 is 5.11 Å². The third-order valence-electron chi connectivity index (χ3n) is 3.90. The minimum absolute atomic E-state index is 0.0145. The molecule has 4 N–H and O–H groups in total. The van der Waals surface area contributed by atoms with Gasteiger partial charge in [-0.1, -0.05) is 18.2 Å². The molecule has 0 amide bonds. The van der Waals surface area contributed by atoms with Crippen molar-refractivity contribution in [2.75, 3.05) is 5.73 Å². The van der Waals surface area contributed by atoms with Gasteiger partial charge in [-0.15, -0.1) is 0 Å². The van der Waals surface area contributed by atoms with Crippen molar-refractivity contribution in [3.05, 3.63) is 60.4 Å². The third-order valence-corrected chi connectivity index (χ3v) is 3.90. The van der Waals surface area contributed by atoms with Crippen LogP contribution in [-0.4, -0.2) is 25.0 Å². The minimum atomic E-state index is 0.0145. The van der Waals surface area contributed by atoms with Crippen molar-refractivity contribution in [2.45, 2.75) is 6.61 Å². The molecular weight excluding hydrogens is 302 g/mol. The number of rotatable bonds is 3. The topological polar surface area (TPSA) is 101 Å². The standard InChI is InChI=1S/C18H15N5O/c19-18-21-7-5-15(23-18)16-9-14-13(4-6-20-17(14)22-16)12-3-1-2-11(8-12)10-24/h1-9,24H,10H2,(H,20,22)(H2,19,21,23). The fourth-order valence-corrected chi connectivity index (χ4v) is 2.78. The van der Waals surface area contributed by atoms with Gasteiger partial charge in [-0.05, 0) is 41.0 Å². The van der Waals surface area contributed by atoms with Crippen LogP contribution in [0.3, 0.4) is 0 Å². The molecule has 4 rings (SSSR count). The van der Waals surface area contributed by atoms with Gasteiger partial charge in [0.2, 0.25) is 5.95 Å². The molecule has 0 spiro atoms. The lowest BCUT2D eigenvalue weighted by atomic mass is 10.0. The summed E-state index contributed by atoms with van der Waals surface area (Å²) in [6, 6.07) is 13.6. The summed E-state index contributed by atoms with van der Waals surface area (Å²) in [7, 11) is 0. The Morgan fingerprint density at radius 1 is 1.04 bits per heavy atom. The first-order valence-electron chi connectivity index (χ1n) is 7.51. The molecule has 0 bridgehead atoms. The zero-order valence-corrected chi connectivity index (χ0v) is 12.8. The molecule has 0 unspecified atom stereocenters. The number of pyridine rings is 1. The monoisotopic (exact) mass is 317 g/mol. The van der Waals surface area contributed by atoms with Crippen LogP contribution in [0.2, 0.25) is 0 Å². The van der Waals surface area contributed by atoms with Gasteiger partial charge in [0.15, 0.2) is 0 Å². The zero-order valence-electron chi connectivity index (χ0n) is 12.8. The number of anilines is 1. The molecular formula is C18H15N5O. The van der Waals surface area contributed by atoms with Gasteiger partial charge in [0.05, 0.1) is 18.0 Å². The van der Waals surface area contributed by atoms with Crippen LogP contribution in [0.5, 0.6) is 0 Å². The van der Waals surface area contributed by atoms with Gasteiger partial charge in [-0.3, -0.25) is 0 Å². The second kappa shape index (κ2) is 5.75. The molecule has 0 aliphatic rings. The van der Waals surface area contributed by atoms with Crippen LogP contribution >= 0.6 is 0 Å². The van der Waals surface area contributed by atoms with Crippen molar-refractivity contribution in [1.82, 2.24) is 19.9 Å². The summed E-state index contributed by atoms with van der Waals surface area (Å²) < 4.78 is 0. The maximum Gasteiger partial charge on any atom is 0.220 e. The highest BCUT2D eigenvalue weighted by Gasteiger charge is 2.11. The zero-order chi connectivity index (χ0) is 16.5. The number of nitrogens with two attached hydrogens (primary N) is 1. The van der Waals surface area contributed by atoms with E-state index in [0.29, 0.717) is 0 Å². The molecule has 24 heavy (non-hydrogen) atoms. The lowest BCUT2D eigenvalue weighted by molar-refractivity contribution is 0.282. The Morgan fingerprint density at radius 3 is 2.75 bits per heavy atom. The molecule has 1 aromatic carbocycles. The number of H-pyrrole nitrogens is 1. The van der Waals surface area contributed by atoms with Crippen LogP contribution in [0.25, 0.3) is 33.5 Å². The van der Waals surface area contributed by atoms with Gasteiger partial charge in [0, 0.05) is 17.8 Å². The maximum absolute atomic E-state index is 9.36. The van der Waals surface area contributed by atoms with Gasteiger partial charge in [-0.25, -0.2) is 15.0 Å². The molecule has 0 radical (unpaired) electrons. The summed E-state index contributed by atoms with van der Waals surface area (Å²) in [5, 5.41) is 10.3. The number of hydrogen-bond donors (Lipinski definition) is 3. The summed E-state index contributed by atoms with van der Waals surface area (Å²) in [5.41, 5.74) is 10.9. The fraction of sp³-hybridized carbons (Fsp3) is 0.0556. The molecule has 0 saturated carbocycles. The van der Waals surface area contributed by atoms with Crippen molar-refractivity contribution in [3.8, 4) is 22.5 Å². The number of aromatic amines is 1. The first-order chi connectivity index (χ1) is 11.7.